The van der Waals surface area contributed by atoms with Gasteiger partial charge in [0.1, 0.15) is 0 Å². The predicted octanol–water partition coefficient (Wildman–Crippen LogP) is 3.98. The van der Waals surface area contributed by atoms with Gasteiger partial charge in [0.05, 0.1) is 17.3 Å². The Kier molecular flexibility index (Phi) is 9.80. The van der Waals surface area contributed by atoms with Gasteiger partial charge in [0.2, 0.25) is 6.79 Å². The lowest BCUT2D eigenvalue weighted by Crippen LogP contribution is -2.37. The van der Waals surface area contributed by atoms with E-state index in [-0.39, 0.29) is 25.9 Å². The second-order valence-electron chi connectivity index (χ2n) is 8.97. The number of fused-ring (bicyclic) bond motifs is 1. The van der Waals surface area contributed by atoms with Gasteiger partial charge in [0.15, 0.2) is 29.6 Å². The van der Waals surface area contributed by atoms with Crippen molar-refractivity contribution in [3.05, 3.63) is 75.3 Å². The number of nitrogens with one attached hydrogen (secondary N) is 3. The van der Waals surface area contributed by atoms with Crippen LogP contribution < -0.4 is 35.0 Å². The standard InChI is InChI=1S/C29H29BrN4O7/c1-4-38-25-12-20(10-22(30)27(25)39-15-26(35)33-21-7-5-17(2)18(3)9-21)14-32-34-29(37)28(36)31-13-19-6-8-23-24(11-19)41-16-40-23/h5-12,14H,4,13,15-16H2,1-3H3,(H,31,36)(H,33,35)(H,34,37)/b32-14-. The summed E-state index contributed by atoms with van der Waals surface area (Å²) in [5.41, 5.74) is 6.38. The summed E-state index contributed by atoms with van der Waals surface area (Å²) in [6.45, 7) is 6.17. The van der Waals surface area contributed by atoms with Crippen molar-refractivity contribution >= 4 is 45.6 Å². The average Bonchev–Trinajstić information content (AvgIpc) is 3.41. The molecule has 11 nitrogen and oxygen atoms in total. The van der Waals surface area contributed by atoms with E-state index in [0.717, 1.165) is 16.7 Å². The van der Waals surface area contributed by atoms with Gasteiger partial charge in [-0.1, -0.05) is 12.1 Å². The van der Waals surface area contributed by atoms with E-state index in [4.69, 9.17) is 18.9 Å². The third-order valence-electron chi connectivity index (χ3n) is 5.95. The zero-order chi connectivity index (χ0) is 29.4. The maximum absolute atomic E-state index is 12.5. The first-order valence-corrected chi connectivity index (χ1v) is 13.5. The Bertz CT molecular complexity index is 1490. The first-order valence-electron chi connectivity index (χ1n) is 12.7. The smallest absolute Gasteiger partial charge is 0.329 e. The first kappa shape index (κ1) is 29.4. The lowest BCUT2D eigenvalue weighted by molar-refractivity contribution is -0.139. The number of hydrogen-bond acceptors (Lipinski definition) is 8. The van der Waals surface area contributed by atoms with Crippen LogP contribution in [0.5, 0.6) is 23.0 Å². The number of carbonyl (C=O) groups excluding carboxylic acids is 3. The number of hydrogen-bond donors (Lipinski definition) is 3. The lowest BCUT2D eigenvalue weighted by Gasteiger charge is -2.15. The van der Waals surface area contributed by atoms with Gasteiger partial charge >= 0.3 is 11.8 Å². The van der Waals surface area contributed by atoms with Crippen LogP contribution >= 0.6 is 15.9 Å². The van der Waals surface area contributed by atoms with E-state index >= 15 is 0 Å². The van der Waals surface area contributed by atoms with Crippen molar-refractivity contribution in [1.29, 1.82) is 0 Å². The van der Waals surface area contributed by atoms with Gasteiger partial charge in [-0.3, -0.25) is 14.4 Å². The normalized spacial score (nSPS) is 11.7. The fraction of sp³-hybridized carbons (Fsp3) is 0.241. The minimum absolute atomic E-state index is 0.126. The molecule has 0 fully saturated rings. The fourth-order valence-electron chi connectivity index (χ4n) is 3.75. The van der Waals surface area contributed by atoms with E-state index in [2.05, 4.69) is 37.1 Å². The summed E-state index contributed by atoms with van der Waals surface area (Å²) in [4.78, 5) is 36.8. The Morgan fingerprint density at radius 3 is 2.56 bits per heavy atom. The largest absolute Gasteiger partial charge is 0.490 e. The molecule has 3 N–H and O–H groups in total. The molecule has 0 radical (unpaired) electrons. The molecule has 3 amide bonds. The molecule has 1 aliphatic heterocycles. The number of anilines is 1. The second-order valence-corrected chi connectivity index (χ2v) is 9.82. The minimum atomic E-state index is -0.930. The molecule has 1 aliphatic rings. The maximum Gasteiger partial charge on any atom is 0.329 e. The highest BCUT2D eigenvalue weighted by molar-refractivity contribution is 9.10. The van der Waals surface area contributed by atoms with Crippen LogP contribution in [-0.2, 0) is 20.9 Å². The van der Waals surface area contributed by atoms with Crippen LogP contribution in [0, 0.1) is 13.8 Å². The lowest BCUT2D eigenvalue weighted by atomic mass is 10.1. The summed E-state index contributed by atoms with van der Waals surface area (Å²) in [6, 6.07) is 14.2. The maximum atomic E-state index is 12.5. The number of rotatable bonds is 10. The van der Waals surface area contributed by atoms with Crippen molar-refractivity contribution in [2.75, 3.05) is 25.3 Å². The molecule has 1 heterocycles. The van der Waals surface area contributed by atoms with Crippen LogP contribution in [0.15, 0.2) is 58.1 Å². The quantitative estimate of drug-likeness (QED) is 0.176. The Labute approximate surface area is 245 Å². The van der Waals surface area contributed by atoms with Gasteiger partial charge in [-0.25, -0.2) is 5.43 Å². The number of benzene rings is 3. The third kappa shape index (κ3) is 7.98. The summed E-state index contributed by atoms with van der Waals surface area (Å²) in [5.74, 6) is -0.182. The van der Waals surface area contributed by atoms with Crippen LogP contribution in [0.1, 0.15) is 29.2 Å². The summed E-state index contributed by atoms with van der Waals surface area (Å²) in [5, 5.41) is 9.21. The predicted molar refractivity (Wildman–Crippen MR) is 156 cm³/mol. The van der Waals surface area contributed by atoms with Crippen molar-refractivity contribution in [3.63, 3.8) is 0 Å². The fourth-order valence-corrected chi connectivity index (χ4v) is 4.32. The molecular weight excluding hydrogens is 596 g/mol. The van der Waals surface area contributed by atoms with Gasteiger partial charge in [-0.15, -0.1) is 0 Å². The number of nitrogens with zero attached hydrogens (tertiary/aromatic N) is 1. The molecular formula is C29H29BrN4O7. The number of ether oxygens (including phenoxy) is 4. The van der Waals surface area contributed by atoms with Crippen molar-refractivity contribution < 1.29 is 33.3 Å². The Hall–Kier alpha value is -4.58. The molecule has 0 bridgehead atoms. The number of amides is 3. The van der Waals surface area contributed by atoms with Crippen LogP contribution in [0.25, 0.3) is 0 Å². The molecule has 0 unspecified atom stereocenters. The van der Waals surface area contributed by atoms with E-state index in [1.54, 1.807) is 30.3 Å². The molecule has 12 heteroatoms. The van der Waals surface area contributed by atoms with Crippen molar-refractivity contribution in [1.82, 2.24) is 10.7 Å². The minimum Gasteiger partial charge on any atom is -0.490 e. The Morgan fingerprint density at radius 2 is 1.78 bits per heavy atom. The van der Waals surface area contributed by atoms with Crippen LogP contribution in [-0.4, -0.2) is 43.9 Å². The van der Waals surface area contributed by atoms with Gasteiger partial charge in [0, 0.05) is 12.2 Å². The summed E-state index contributed by atoms with van der Waals surface area (Å²) in [6.07, 6.45) is 1.35. The summed E-state index contributed by atoms with van der Waals surface area (Å²) < 4.78 is 22.5. The van der Waals surface area contributed by atoms with Gasteiger partial charge in [-0.2, -0.15) is 5.10 Å². The Morgan fingerprint density at radius 1 is 0.976 bits per heavy atom. The van der Waals surface area contributed by atoms with Gasteiger partial charge in [-0.05, 0) is 95.4 Å². The van der Waals surface area contributed by atoms with E-state index in [1.165, 1.54) is 6.21 Å². The topological polar surface area (TPSA) is 137 Å². The van der Waals surface area contributed by atoms with Gasteiger partial charge < -0.3 is 29.6 Å². The van der Waals surface area contributed by atoms with E-state index < -0.39 is 11.8 Å². The van der Waals surface area contributed by atoms with E-state index in [9.17, 15) is 14.4 Å². The zero-order valence-corrected chi connectivity index (χ0v) is 24.3. The molecule has 3 aromatic carbocycles. The molecule has 0 saturated carbocycles. The molecule has 0 atom stereocenters. The van der Waals surface area contributed by atoms with E-state index in [1.807, 2.05) is 39.0 Å². The third-order valence-corrected chi connectivity index (χ3v) is 6.53. The Balaban J connectivity index is 1.31. The van der Waals surface area contributed by atoms with Crippen LogP contribution in [0.4, 0.5) is 5.69 Å². The van der Waals surface area contributed by atoms with Crippen molar-refractivity contribution in [2.24, 2.45) is 5.10 Å². The molecule has 0 spiro atoms. The molecule has 4 rings (SSSR count). The number of carbonyl (C=O) groups is 3. The zero-order valence-electron chi connectivity index (χ0n) is 22.7. The average molecular weight is 625 g/mol. The molecule has 0 saturated heterocycles. The van der Waals surface area contributed by atoms with Crippen LogP contribution in [0.3, 0.4) is 0 Å². The van der Waals surface area contributed by atoms with Crippen molar-refractivity contribution in [2.45, 2.75) is 27.3 Å². The van der Waals surface area contributed by atoms with Crippen molar-refractivity contribution in [3.8, 4) is 23.0 Å². The van der Waals surface area contributed by atoms with E-state index in [0.29, 0.717) is 45.3 Å². The molecule has 3 aromatic rings. The first-order chi connectivity index (χ1) is 19.7. The molecule has 214 valence electrons. The number of aryl methyl sites for hydroxylation is 2. The monoisotopic (exact) mass is 624 g/mol. The highest BCUT2D eigenvalue weighted by Crippen LogP contribution is 2.36. The second kappa shape index (κ2) is 13.7. The highest BCUT2D eigenvalue weighted by Gasteiger charge is 2.17. The molecule has 0 aliphatic carbocycles. The summed E-state index contributed by atoms with van der Waals surface area (Å²) in [7, 11) is 0. The highest BCUT2D eigenvalue weighted by atomic mass is 79.9. The van der Waals surface area contributed by atoms with Gasteiger partial charge in [0.25, 0.3) is 5.91 Å². The number of hydrazone groups is 1. The molecule has 41 heavy (non-hydrogen) atoms. The summed E-state index contributed by atoms with van der Waals surface area (Å²) >= 11 is 3.44. The number of halogens is 1. The SMILES string of the molecule is CCOc1cc(/C=N\NC(=O)C(=O)NCc2ccc3c(c2)OCO3)cc(Br)c1OCC(=O)Nc1ccc(C)c(C)c1. The van der Waals surface area contributed by atoms with Crippen LogP contribution in [0.2, 0.25) is 0 Å². The molecule has 0 aromatic heterocycles.